The molecular formula is C76H49N3O. The third kappa shape index (κ3) is 7.33. The van der Waals surface area contributed by atoms with Gasteiger partial charge in [0.15, 0.2) is 17.5 Å². The Hall–Kier alpha value is -10.3. The van der Waals surface area contributed by atoms with Crippen LogP contribution in [0.1, 0.15) is 45.2 Å². The molecule has 2 unspecified atom stereocenters. The minimum Gasteiger partial charge on any atom is -0.456 e. The zero-order valence-corrected chi connectivity index (χ0v) is 43.5. The number of furan rings is 1. The van der Waals surface area contributed by atoms with E-state index in [1.165, 1.54) is 77.9 Å². The highest BCUT2D eigenvalue weighted by molar-refractivity contribution is 6.07. The SMILES string of the molecule is C1=CC2c3ccccc3-c3ccc(-c4cccc(-c5cccc(-c6ccc7oc8cc(-c9nc(-c%10ccccc%10)nc(-c%10ccc%11c(c%10)C(c%10ccccc%10)(c%10ccccc%10)c%10ccccc%10-%11)n9)ccc8c7c6)c5)c4)cc3C2C=C1. The van der Waals surface area contributed by atoms with Gasteiger partial charge in [-0.05, 0) is 138 Å². The van der Waals surface area contributed by atoms with E-state index in [2.05, 4.69) is 267 Å². The van der Waals surface area contributed by atoms with E-state index < -0.39 is 5.41 Å². The summed E-state index contributed by atoms with van der Waals surface area (Å²) in [6.45, 7) is 0. The summed E-state index contributed by atoms with van der Waals surface area (Å²) in [5.41, 5.74) is 23.5. The minimum absolute atomic E-state index is 0.318. The Morgan fingerprint density at radius 1 is 0.287 bits per heavy atom. The summed E-state index contributed by atoms with van der Waals surface area (Å²) < 4.78 is 6.67. The van der Waals surface area contributed by atoms with E-state index in [9.17, 15) is 0 Å². The quantitative estimate of drug-likeness (QED) is 0.152. The van der Waals surface area contributed by atoms with E-state index in [1.54, 1.807) is 0 Å². The summed E-state index contributed by atoms with van der Waals surface area (Å²) in [7, 11) is 0. The first-order valence-electron chi connectivity index (χ1n) is 27.6. The maximum absolute atomic E-state index is 6.67. The van der Waals surface area contributed by atoms with Gasteiger partial charge in [0.1, 0.15) is 11.2 Å². The van der Waals surface area contributed by atoms with Crippen LogP contribution in [0.3, 0.4) is 0 Å². The van der Waals surface area contributed by atoms with Gasteiger partial charge in [-0.1, -0.05) is 237 Å². The first-order chi connectivity index (χ1) is 39.6. The van der Waals surface area contributed by atoms with Crippen LogP contribution in [0.2, 0.25) is 0 Å². The molecule has 2 atom stereocenters. The van der Waals surface area contributed by atoms with Gasteiger partial charge in [-0.15, -0.1) is 0 Å². The molecule has 2 aromatic heterocycles. The Kier molecular flexibility index (Phi) is 10.6. The average molecular weight is 1020 g/mol. The van der Waals surface area contributed by atoms with E-state index in [-0.39, 0.29) is 0 Å². The van der Waals surface area contributed by atoms with Crippen LogP contribution < -0.4 is 0 Å². The number of fused-ring (bicyclic) bond motifs is 12. The largest absolute Gasteiger partial charge is 0.456 e. The van der Waals surface area contributed by atoms with Crippen LogP contribution in [-0.4, -0.2) is 15.0 Å². The number of allylic oxidation sites excluding steroid dienone is 4. The second-order valence-electron chi connectivity index (χ2n) is 21.4. The van der Waals surface area contributed by atoms with Gasteiger partial charge < -0.3 is 4.42 Å². The summed E-state index contributed by atoms with van der Waals surface area (Å²) in [4.78, 5) is 15.7. The lowest BCUT2D eigenvalue weighted by Crippen LogP contribution is -2.28. The monoisotopic (exact) mass is 1020 g/mol. The number of hydrogen-bond acceptors (Lipinski definition) is 4. The van der Waals surface area contributed by atoms with E-state index >= 15 is 0 Å². The highest BCUT2D eigenvalue weighted by Gasteiger charge is 2.46. The smallest absolute Gasteiger partial charge is 0.164 e. The van der Waals surface area contributed by atoms with Crippen LogP contribution in [-0.2, 0) is 5.41 Å². The predicted molar refractivity (Wildman–Crippen MR) is 326 cm³/mol. The number of aromatic nitrogens is 3. The maximum atomic E-state index is 6.67. The van der Waals surface area contributed by atoms with Crippen molar-refractivity contribution in [1.29, 1.82) is 0 Å². The highest BCUT2D eigenvalue weighted by Crippen LogP contribution is 2.57. The number of hydrogen-bond donors (Lipinski definition) is 0. The predicted octanol–water partition coefficient (Wildman–Crippen LogP) is 19.1. The van der Waals surface area contributed by atoms with Crippen molar-refractivity contribution in [3.05, 3.63) is 319 Å². The van der Waals surface area contributed by atoms with Crippen LogP contribution in [0.15, 0.2) is 290 Å². The molecule has 0 aliphatic heterocycles. The van der Waals surface area contributed by atoms with Crippen molar-refractivity contribution in [2.45, 2.75) is 17.3 Å². The Labute approximate surface area is 464 Å². The molecule has 0 amide bonds. The standard InChI is InChI=1S/C76H49N3O/c1-4-18-48(19-5-1)73-77-74(55-35-39-65-64-32-14-15-33-69(64)76(70(65)46-55,57-24-6-2-7-25-57)58-26-8-3-9-27-58)79-75(78-73)56-36-40-66-68-45-54(37-41-71(68)80-72(66)47-56)52-23-17-21-50(43-52)49-20-16-22-51(42-49)53-34-38-63-61-30-11-10-28-59(61)60-29-12-13-31-62(60)67(63)44-53/h1-47,60,62H. The molecule has 13 aromatic rings. The van der Waals surface area contributed by atoms with Gasteiger partial charge in [-0.3, -0.25) is 0 Å². The molecule has 3 aliphatic carbocycles. The average Bonchev–Trinajstić information content (AvgIpc) is 4.22. The molecule has 0 radical (unpaired) electrons. The molecule has 80 heavy (non-hydrogen) atoms. The molecule has 0 fully saturated rings. The molecule has 3 aliphatic rings. The molecule has 2 heterocycles. The topological polar surface area (TPSA) is 51.8 Å². The van der Waals surface area contributed by atoms with Crippen LogP contribution in [0.25, 0.3) is 112 Å². The van der Waals surface area contributed by atoms with Crippen molar-refractivity contribution < 1.29 is 4.42 Å². The lowest BCUT2D eigenvalue weighted by atomic mass is 9.67. The Bertz CT molecular complexity index is 4630. The van der Waals surface area contributed by atoms with Gasteiger partial charge in [0.05, 0.1) is 5.41 Å². The second kappa shape index (κ2) is 18.4. The second-order valence-corrected chi connectivity index (χ2v) is 21.4. The summed E-state index contributed by atoms with van der Waals surface area (Å²) in [6, 6.07) is 94.2. The molecule has 4 nitrogen and oxygen atoms in total. The zero-order valence-electron chi connectivity index (χ0n) is 43.5. The molecule has 4 heteroatoms. The van der Waals surface area contributed by atoms with Crippen molar-refractivity contribution in [3.63, 3.8) is 0 Å². The molecule has 374 valence electrons. The minimum atomic E-state index is -0.558. The fourth-order valence-corrected chi connectivity index (χ4v) is 13.3. The summed E-state index contributed by atoms with van der Waals surface area (Å²) >= 11 is 0. The van der Waals surface area contributed by atoms with Gasteiger partial charge in [-0.25, -0.2) is 15.0 Å². The van der Waals surface area contributed by atoms with Crippen molar-refractivity contribution in [1.82, 2.24) is 15.0 Å². The van der Waals surface area contributed by atoms with Crippen molar-refractivity contribution >= 4 is 21.9 Å². The molecule has 0 spiro atoms. The lowest BCUT2D eigenvalue weighted by molar-refractivity contribution is 0.669. The number of rotatable bonds is 8. The van der Waals surface area contributed by atoms with Crippen LogP contribution in [0.4, 0.5) is 0 Å². The molecule has 11 aromatic carbocycles. The molecule has 0 saturated heterocycles. The van der Waals surface area contributed by atoms with E-state index in [1.807, 2.05) is 18.2 Å². The summed E-state index contributed by atoms with van der Waals surface area (Å²) in [6.07, 6.45) is 9.13. The Morgan fingerprint density at radius 3 is 1.45 bits per heavy atom. The fraction of sp³-hybridized carbons (Fsp3) is 0.0395. The molecule has 16 rings (SSSR count). The van der Waals surface area contributed by atoms with Crippen LogP contribution >= 0.6 is 0 Å². The summed E-state index contributed by atoms with van der Waals surface area (Å²) in [5, 5.41) is 2.08. The van der Waals surface area contributed by atoms with Gasteiger partial charge in [0, 0.05) is 39.3 Å². The van der Waals surface area contributed by atoms with E-state index in [0.29, 0.717) is 29.3 Å². The number of benzene rings is 11. The normalized spacial score (nSPS) is 15.2. The van der Waals surface area contributed by atoms with Gasteiger partial charge in [0.2, 0.25) is 0 Å². The molecule has 0 N–H and O–H groups in total. The van der Waals surface area contributed by atoms with Crippen LogP contribution in [0, 0.1) is 0 Å². The third-order valence-electron chi connectivity index (χ3n) is 17.0. The zero-order chi connectivity index (χ0) is 52.7. The Balaban J connectivity index is 0.749. The van der Waals surface area contributed by atoms with Crippen molar-refractivity contribution in [2.75, 3.05) is 0 Å². The first-order valence-corrected chi connectivity index (χ1v) is 27.6. The van der Waals surface area contributed by atoms with Gasteiger partial charge in [-0.2, -0.15) is 0 Å². The number of nitrogens with zero attached hydrogens (tertiary/aromatic N) is 3. The Morgan fingerprint density at radius 2 is 0.762 bits per heavy atom. The molecular weight excluding hydrogens is 971 g/mol. The third-order valence-corrected chi connectivity index (χ3v) is 17.0. The lowest BCUT2D eigenvalue weighted by Gasteiger charge is -2.34. The highest BCUT2D eigenvalue weighted by atomic mass is 16.3. The summed E-state index contributed by atoms with van der Waals surface area (Å²) in [5.74, 6) is 2.44. The fourth-order valence-electron chi connectivity index (χ4n) is 13.3. The van der Waals surface area contributed by atoms with Crippen LogP contribution in [0.5, 0.6) is 0 Å². The van der Waals surface area contributed by atoms with Gasteiger partial charge >= 0.3 is 0 Å². The molecule has 0 bridgehead atoms. The van der Waals surface area contributed by atoms with E-state index in [4.69, 9.17) is 19.4 Å². The van der Waals surface area contributed by atoms with Crippen molar-refractivity contribution in [2.24, 2.45) is 0 Å². The maximum Gasteiger partial charge on any atom is 0.164 e. The molecule has 0 saturated carbocycles. The van der Waals surface area contributed by atoms with Crippen molar-refractivity contribution in [3.8, 4) is 89.8 Å². The van der Waals surface area contributed by atoms with E-state index in [0.717, 1.165) is 49.8 Å². The van der Waals surface area contributed by atoms with Gasteiger partial charge in [0.25, 0.3) is 0 Å². The first kappa shape index (κ1) is 45.9.